The lowest BCUT2D eigenvalue weighted by molar-refractivity contribution is -0.385. The summed E-state index contributed by atoms with van der Waals surface area (Å²) in [5, 5.41) is 13.4. The molecule has 6 heteroatoms. The first-order valence-corrected chi connectivity index (χ1v) is 6.44. The predicted octanol–water partition coefficient (Wildman–Crippen LogP) is 2.90. The van der Waals surface area contributed by atoms with E-state index in [1.807, 2.05) is 13.8 Å². The molecule has 0 bridgehead atoms. The standard InChI is InChI=1S/C13H17ClN2O3/c1-8(2)11(14)7-15-13(17)10-6-4-5-9(3)12(10)16(18)19/h4-6,8,11H,7H2,1-3H3,(H,15,17). The molecule has 0 heterocycles. The fraction of sp³-hybridized carbons (Fsp3) is 0.462. The van der Waals surface area contributed by atoms with Crippen molar-refractivity contribution < 1.29 is 9.72 Å². The molecule has 1 N–H and O–H groups in total. The number of halogens is 1. The number of nitro groups is 1. The van der Waals surface area contributed by atoms with Crippen molar-refractivity contribution in [1.82, 2.24) is 5.32 Å². The Balaban J connectivity index is 2.89. The number of para-hydroxylation sites is 1. The third-order valence-electron chi connectivity index (χ3n) is 2.85. The van der Waals surface area contributed by atoms with Crippen LogP contribution in [0.5, 0.6) is 0 Å². The van der Waals surface area contributed by atoms with Gasteiger partial charge in [0.15, 0.2) is 0 Å². The Morgan fingerprint density at radius 3 is 2.63 bits per heavy atom. The van der Waals surface area contributed by atoms with Crippen LogP contribution in [0.1, 0.15) is 29.8 Å². The number of amides is 1. The maximum atomic E-state index is 12.0. The highest BCUT2D eigenvalue weighted by molar-refractivity contribution is 6.21. The molecule has 19 heavy (non-hydrogen) atoms. The van der Waals surface area contributed by atoms with Crippen LogP contribution in [-0.4, -0.2) is 22.8 Å². The summed E-state index contributed by atoms with van der Waals surface area (Å²) in [5.41, 5.74) is 0.372. The molecule has 0 saturated heterocycles. The van der Waals surface area contributed by atoms with E-state index in [2.05, 4.69) is 5.32 Å². The summed E-state index contributed by atoms with van der Waals surface area (Å²) in [6.45, 7) is 5.77. The van der Waals surface area contributed by atoms with Gasteiger partial charge in [0, 0.05) is 12.1 Å². The maximum absolute atomic E-state index is 12.0. The molecular formula is C13H17ClN2O3. The monoisotopic (exact) mass is 284 g/mol. The van der Waals surface area contributed by atoms with Crippen molar-refractivity contribution in [3.05, 3.63) is 39.4 Å². The van der Waals surface area contributed by atoms with Crippen LogP contribution in [-0.2, 0) is 0 Å². The number of carbonyl (C=O) groups excluding carboxylic acids is 1. The Hall–Kier alpha value is -1.62. The number of hydrogen-bond donors (Lipinski definition) is 1. The van der Waals surface area contributed by atoms with Crippen LogP contribution in [0.15, 0.2) is 18.2 Å². The summed E-state index contributed by atoms with van der Waals surface area (Å²) in [7, 11) is 0. The first-order chi connectivity index (χ1) is 8.84. The minimum Gasteiger partial charge on any atom is -0.350 e. The van der Waals surface area contributed by atoms with Crippen molar-refractivity contribution in [2.24, 2.45) is 5.92 Å². The van der Waals surface area contributed by atoms with Gasteiger partial charge in [-0.3, -0.25) is 14.9 Å². The van der Waals surface area contributed by atoms with Crippen LogP contribution in [0.4, 0.5) is 5.69 Å². The van der Waals surface area contributed by atoms with Gasteiger partial charge in [0.1, 0.15) is 5.56 Å². The zero-order valence-electron chi connectivity index (χ0n) is 11.1. The molecule has 0 saturated carbocycles. The van der Waals surface area contributed by atoms with E-state index in [1.165, 1.54) is 6.07 Å². The summed E-state index contributed by atoms with van der Waals surface area (Å²) in [6.07, 6.45) is 0. The van der Waals surface area contributed by atoms with Crippen molar-refractivity contribution in [2.45, 2.75) is 26.1 Å². The summed E-state index contributed by atoms with van der Waals surface area (Å²) < 4.78 is 0. The van der Waals surface area contributed by atoms with E-state index in [-0.39, 0.29) is 29.1 Å². The number of nitrogens with one attached hydrogen (secondary N) is 1. The van der Waals surface area contributed by atoms with Crippen molar-refractivity contribution in [1.29, 1.82) is 0 Å². The molecule has 0 spiro atoms. The van der Waals surface area contributed by atoms with E-state index in [0.29, 0.717) is 5.56 Å². The van der Waals surface area contributed by atoms with Crippen LogP contribution in [0.3, 0.4) is 0 Å². The molecule has 1 aromatic rings. The second-order valence-electron chi connectivity index (χ2n) is 4.70. The number of carbonyl (C=O) groups is 1. The normalized spacial score (nSPS) is 12.3. The Morgan fingerprint density at radius 2 is 2.11 bits per heavy atom. The van der Waals surface area contributed by atoms with Gasteiger partial charge >= 0.3 is 0 Å². The van der Waals surface area contributed by atoms with Crippen LogP contribution in [0.2, 0.25) is 0 Å². The van der Waals surface area contributed by atoms with Crippen LogP contribution in [0.25, 0.3) is 0 Å². The van der Waals surface area contributed by atoms with Crippen LogP contribution in [0, 0.1) is 23.0 Å². The van der Waals surface area contributed by atoms with Crippen molar-refractivity contribution in [2.75, 3.05) is 6.54 Å². The van der Waals surface area contributed by atoms with Crippen molar-refractivity contribution in [3.8, 4) is 0 Å². The van der Waals surface area contributed by atoms with Gasteiger partial charge in [-0.05, 0) is 18.9 Å². The SMILES string of the molecule is Cc1cccc(C(=O)NCC(Cl)C(C)C)c1[N+](=O)[O-]. The summed E-state index contributed by atoms with van der Waals surface area (Å²) in [4.78, 5) is 22.4. The number of hydrogen-bond acceptors (Lipinski definition) is 3. The fourth-order valence-electron chi connectivity index (χ4n) is 1.61. The van der Waals surface area contributed by atoms with E-state index in [0.717, 1.165) is 0 Å². The average Bonchev–Trinajstić information content (AvgIpc) is 2.34. The molecule has 0 fully saturated rings. The van der Waals surface area contributed by atoms with Gasteiger partial charge in [-0.15, -0.1) is 11.6 Å². The minimum atomic E-state index is -0.537. The van der Waals surface area contributed by atoms with E-state index >= 15 is 0 Å². The molecule has 0 aromatic heterocycles. The fourth-order valence-corrected chi connectivity index (χ4v) is 1.68. The molecule has 1 amide bonds. The molecule has 1 rings (SSSR count). The molecule has 104 valence electrons. The predicted molar refractivity (Wildman–Crippen MR) is 74.6 cm³/mol. The second kappa shape index (κ2) is 6.52. The lowest BCUT2D eigenvalue weighted by atomic mass is 10.1. The minimum absolute atomic E-state index is 0.0672. The first-order valence-electron chi connectivity index (χ1n) is 6.00. The third-order valence-corrected chi connectivity index (χ3v) is 3.50. The number of benzene rings is 1. The molecule has 0 aliphatic rings. The van der Waals surface area contributed by atoms with Gasteiger partial charge in [-0.2, -0.15) is 0 Å². The number of nitro benzene ring substituents is 1. The van der Waals surface area contributed by atoms with Crippen molar-refractivity contribution >= 4 is 23.2 Å². The van der Waals surface area contributed by atoms with Gasteiger partial charge in [0.05, 0.1) is 10.3 Å². The van der Waals surface area contributed by atoms with Gasteiger partial charge in [-0.25, -0.2) is 0 Å². The van der Waals surface area contributed by atoms with Gasteiger partial charge in [0.25, 0.3) is 11.6 Å². The molecule has 1 unspecified atom stereocenters. The lowest BCUT2D eigenvalue weighted by Gasteiger charge is -2.14. The third kappa shape index (κ3) is 3.92. The first kappa shape index (κ1) is 15.4. The molecule has 0 aliphatic carbocycles. The number of alkyl halides is 1. The quantitative estimate of drug-likeness (QED) is 0.513. The van der Waals surface area contributed by atoms with Gasteiger partial charge in [-0.1, -0.05) is 26.0 Å². The molecule has 1 atom stereocenters. The highest BCUT2D eigenvalue weighted by Gasteiger charge is 2.22. The number of rotatable bonds is 5. The average molecular weight is 285 g/mol. The molecule has 0 aliphatic heterocycles. The topological polar surface area (TPSA) is 72.2 Å². The van der Waals surface area contributed by atoms with Gasteiger partial charge in [0.2, 0.25) is 0 Å². The smallest absolute Gasteiger partial charge is 0.285 e. The van der Waals surface area contributed by atoms with E-state index < -0.39 is 10.8 Å². The molecule has 5 nitrogen and oxygen atoms in total. The Bertz CT molecular complexity index is 489. The Kier molecular flexibility index (Phi) is 5.30. The Labute approximate surface area is 117 Å². The van der Waals surface area contributed by atoms with E-state index in [9.17, 15) is 14.9 Å². The molecule has 0 radical (unpaired) electrons. The molecule has 1 aromatic carbocycles. The largest absolute Gasteiger partial charge is 0.350 e. The highest BCUT2D eigenvalue weighted by atomic mass is 35.5. The number of aryl methyl sites for hydroxylation is 1. The summed E-state index contributed by atoms with van der Waals surface area (Å²) in [6, 6.07) is 4.67. The Morgan fingerprint density at radius 1 is 1.47 bits per heavy atom. The molecular weight excluding hydrogens is 268 g/mol. The van der Waals surface area contributed by atoms with Gasteiger partial charge < -0.3 is 5.32 Å². The zero-order valence-corrected chi connectivity index (χ0v) is 11.9. The second-order valence-corrected chi connectivity index (χ2v) is 5.26. The zero-order chi connectivity index (χ0) is 14.6. The lowest BCUT2D eigenvalue weighted by Crippen LogP contribution is -2.32. The van der Waals surface area contributed by atoms with Crippen molar-refractivity contribution in [3.63, 3.8) is 0 Å². The van der Waals surface area contributed by atoms with E-state index in [1.54, 1.807) is 19.1 Å². The van der Waals surface area contributed by atoms with Crippen LogP contribution < -0.4 is 5.32 Å². The van der Waals surface area contributed by atoms with Crippen LogP contribution >= 0.6 is 11.6 Å². The maximum Gasteiger partial charge on any atom is 0.285 e. The summed E-state index contributed by atoms with van der Waals surface area (Å²) in [5.74, 6) is -0.254. The summed E-state index contributed by atoms with van der Waals surface area (Å²) >= 11 is 6.03. The van der Waals surface area contributed by atoms with E-state index in [4.69, 9.17) is 11.6 Å². The highest BCUT2D eigenvalue weighted by Crippen LogP contribution is 2.22. The number of nitrogens with zero attached hydrogens (tertiary/aromatic N) is 1.